The summed E-state index contributed by atoms with van der Waals surface area (Å²) >= 11 is 0. The number of alkyl halides is 3. The minimum Gasteiger partial charge on any atom is -0.313 e. The summed E-state index contributed by atoms with van der Waals surface area (Å²) in [4.78, 5) is 0. The molecule has 0 heterocycles. The van der Waals surface area contributed by atoms with E-state index in [1.807, 2.05) is 0 Å². The molecule has 0 bridgehead atoms. The Morgan fingerprint density at radius 3 is 2.10 bits per heavy atom. The topological polar surface area (TPSA) is 12.0 Å². The van der Waals surface area contributed by atoms with E-state index in [9.17, 15) is 17.6 Å². The van der Waals surface area contributed by atoms with Gasteiger partial charge in [0, 0.05) is 6.04 Å². The van der Waals surface area contributed by atoms with Crippen molar-refractivity contribution in [2.45, 2.75) is 51.7 Å². The smallest absolute Gasteiger partial charge is 0.313 e. The van der Waals surface area contributed by atoms with E-state index in [0.29, 0.717) is 5.56 Å². The molecular weight excluding hydrogens is 282 g/mol. The average Bonchev–Trinajstić information content (AvgIpc) is 2.40. The predicted octanol–water partition coefficient (Wildman–Crippen LogP) is 5.32. The van der Waals surface area contributed by atoms with Gasteiger partial charge in [0.05, 0.1) is 5.56 Å². The van der Waals surface area contributed by atoms with Crippen LogP contribution in [0.2, 0.25) is 0 Å². The molecule has 1 N–H and O–H groups in total. The fourth-order valence-corrected chi connectivity index (χ4v) is 2.85. The van der Waals surface area contributed by atoms with Crippen molar-refractivity contribution in [1.29, 1.82) is 0 Å². The lowest BCUT2D eigenvalue weighted by atomic mass is 9.85. The minimum atomic E-state index is -4.66. The molecule has 1 rings (SSSR count). The van der Waals surface area contributed by atoms with Crippen molar-refractivity contribution in [2.24, 2.45) is 5.92 Å². The molecule has 0 spiro atoms. The molecule has 21 heavy (non-hydrogen) atoms. The lowest BCUT2D eigenvalue weighted by Crippen LogP contribution is -2.26. The first-order chi connectivity index (χ1) is 9.85. The lowest BCUT2D eigenvalue weighted by Gasteiger charge is -2.27. The number of rotatable bonds is 7. The normalized spacial score (nSPS) is 13.7. The van der Waals surface area contributed by atoms with Gasteiger partial charge in [0.25, 0.3) is 0 Å². The number of halogens is 4. The van der Waals surface area contributed by atoms with Crippen molar-refractivity contribution in [3.05, 3.63) is 35.1 Å². The highest BCUT2D eigenvalue weighted by Gasteiger charge is 2.35. The van der Waals surface area contributed by atoms with Gasteiger partial charge in [-0.05, 0) is 43.5 Å². The fourth-order valence-electron chi connectivity index (χ4n) is 2.85. The average molecular weight is 305 g/mol. The van der Waals surface area contributed by atoms with Gasteiger partial charge in [-0.2, -0.15) is 13.2 Å². The molecular formula is C16H23F4N. The van der Waals surface area contributed by atoms with Gasteiger partial charge in [0.2, 0.25) is 0 Å². The van der Waals surface area contributed by atoms with Crippen LogP contribution in [-0.2, 0) is 6.18 Å². The van der Waals surface area contributed by atoms with Crippen LogP contribution >= 0.6 is 0 Å². The summed E-state index contributed by atoms with van der Waals surface area (Å²) in [6.45, 7) is 4.11. The van der Waals surface area contributed by atoms with Crippen LogP contribution in [0.5, 0.6) is 0 Å². The largest absolute Gasteiger partial charge is 0.419 e. The zero-order valence-corrected chi connectivity index (χ0v) is 12.7. The summed E-state index contributed by atoms with van der Waals surface area (Å²) in [6, 6.07) is 3.11. The zero-order chi connectivity index (χ0) is 16.0. The van der Waals surface area contributed by atoms with E-state index in [1.165, 1.54) is 6.07 Å². The Kier molecular flexibility index (Phi) is 6.65. The van der Waals surface area contributed by atoms with Crippen molar-refractivity contribution in [3.8, 4) is 0 Å². The molecule has 5 heteroatoms. The van der Waals surface area contributed by atoms with Crippen LogP contribution < -0.4 is 5.32 Å². The first kappa shape index (κ1) is 18.0. The Hall–Kier alpha value is -1.10. The van der Waals surface area contributed by atoms with Crippen molar-refractivity contribution in [1.82, 2.24) is 5.32 Å². The fraction of sp³-hybridized carbons (Fsp3) is 0.625. The number of hydrogen-bond donors (Lipinski definition) is 1. The van der Waals surface area contributed by atoms with Gasteiger partial charge in [-0.3, -0.25) is 0 Å². The first-order valence-corrected chi connectivity index (χ1v) is 7.39. The minimum absolute atomic E-state index is 0.188. The highest BCUT2D eigenvalue weighted by atomic mass is 19.4. The van der Waals surface area contributed by atoms with Crippen molar-refractivity contribution in [3.63, 3.8) is 0 Å². The van der Waals surface area contributed by atoms with Gasteiger partial charge >= 0.3 is 6.18 Å². The van der Waals surface area contributed by atoms with Gasteiger partial charge in [0.1, 0.15) is 5.82 Å². The van der Waals surface area contributed by atoms with Crippen LogP contribution in [0.1, 0.15) is 56.7 Å². The molecule has 120 valence electrons. The number of hydrogen-bond acceptors (Lipinski definition) is 1. The van der Waals surface area contributed by atoms with E-state index in [4.69, 9.17) is 0 Å². The molecule has 0 aliphatic heterocycles. The van der Waals surface area contributed by atoms with E-state index in [1.54, 1.807) is 7.05 Å². The quantitative estimate of drug-likeness (QED) is 0.672. The lowest BCUT2D eigenvalue weighted by molar-refractivity contribution is -0.140. The Labute approximate surface area is 123 Å². The van der Waals surface area contributed by atoms with Gasteiger partial charge in [-0.15, -0.1) is 0 Å². The number of benzene rings is 1. The predicted molar refractivity (Wildman–Crippen MR) is 76.5 cm³/mol. The Bertz CT molecular complexity index is 436. The molecule has 1 atom stereocenters. The zero-order valence-electron chi connectivity index (χ0n) is 12.7. The summed E-state index contributed by atoms with van der Waals surface area (Å²) in [5, 5.41) is 3.10. The van der Waals surface area contributed by atoms with Crippen molar-refractivity contribution < 1.29 is 17.6 Å². The summed E-state index contributed by atoms with van der Waals surface area (Å²) in [5.41, 5.74) is -0.690. The van der Waals surface area contributed by atoms with E-state index >= 15 is 0 Å². The third-order valence-corrected chi connectivity index (χ3v) is 3.76. The molecule has 0 aliphatic carbocycles. The first-order valence-electron chi connectivity index (χ1n) is 7.39. The van der Waals surface area contributed by atoms with Gasteiger partial charge in [-0.1, -0.05) is 32.8 Å². The van der Waals surface area contributed by atoms with Crippen LogP contribution in [-0.4, -0.2) is 7.05 Å². The molecule has 0 amide bonds. The van der Waals surface area contributed by atoms with E-state index in [0.717, 1.165) is 37.8 Å². The molecule has 0 saturated heterocycles. The van der Waals surface area contributed by atoms with Gasteiger partial charge in [0.15, 0.2) is 0 Å². The highest BCUT2D eigenvalue weighted by molar-refractivity contribution is 5.30. The molecule has 1 aromatic carbocycles. The Morgan fingerprint density at radius 2 is 1.67 bits per heavy atom. The molecule has 1 unspecified atom stereocenters. The van der Waals surface area contributed by atoms with Gasteiger partial charge in [-0.25, -0.2) is 4.39 Å². The standard InChI is InChI=1S/C16H23F4N/c1-4-6-11(7-5-2)15(21-3)12-8-9-14(17)13(10-12)16(18,19)20/h8-11,15,21H,4-7H2,1-3H3. The summed E-state index contributed by atoms with van der Waals surface area (Å²) in [6.07, 6.45) is -0.869. The van der Waals surface area contributed by atoms with Gasteiger partial charge < -0.3 is 5.32 Å². The van der Waals surface area contributed by atoms with E-state index < -0.39 is 17.6 Å². The van der Waals surface area contributed by atoms with Crippen LogP contribution in [0.25, 0.3) is 0 Å². The molecule has 1 aromatic rings. The highest BCUT2D eigenvalue weighted by Crippen LogP contribution is 2.35. The molecule has 0 aromatic heterocycles. The molecule has 0 saturated carbocycles. The second-order valence-corrected chi connectivity index (χ2v) is 5.34. The molecule has 0 fully saturated rings. The maximum Gasteiger partial charge on any atom is 0.419 e. The second kappa shape index (κ2) is 7.78. The number of nitrogens with one attached hydrogen (secondary N) is 1. The second-order valence-electron chi connectivity index (χ2n) is 5.34. The van der Waals surface area contributed by atoms with Crippen LogP contribution in [0.4, 0.5) is 17.6 Å². The van der Waals surface area contributed by atoms with Crippen molar-refractivity contribution in [2.75, 3.05) is 7.05 Å². The van der Waals surface area contributed by atoms with Crippen LogP contribution in [0.3, 0.4) is 0 Å². The van der Waals surface area contributed by atoms with E-state index in [2.05, 4.69) is 19.2 Å². The SMILES string of the molecule is CCCC(CCC)C(NC)c1ccc(F)c(C(F)(F)F)c1. The maximum absolute atomic E-state index is 13.4. The summed E-state index contributed by atoms with van der Waals surface area (Å²) in [7, 11) is 1.74. The van der Waals surface area contributed by atoms with Crippen molar-refractivity contribution >= 4 is 0 Å². The van der Waals surface area contributed by atoms with Crippen LogP contribution in [0.15, 0.2) is 18.2 Å². The Balaban J connectivity index is 3.15. The molecule has 0 radical (unpaired) electrons. The monoisotopic (exact) mass is 305 g/mol. The molecule has 0 aliphatic rings. The van der Waals surface area contributed by atoms with E-state index in [-0.39, 0.29) is 12.0 Å². The maximum atomic E-state index is 13.4. The summed E-state index contributed by atoms with van der Waals surface area (Å²) < 4.78 is 51.9. The third-order valence-electron chi connectivity index (χ3n) is 3.76. The van der Waals surface area contributed by atoms with Crippen LogP contribution in [0, 0.1) is 11.7 Å². The summed E-state index contributed by atoms with van der Waals surface area (Å²) in [5.74, 6) is -0.972. The Morgan fingerprint density at radius 1 is 1.10 bits per heavy atom. The molecule has 1 nitrogen and oxygen atoms in total. The third kappa shape index (κ3) is 4.70.